The number of carboxylic acid groups (broad SMARTS) is 1. The van der Waals surface area contributed by atoms with Crippen LogP contribution in [0, 0.1) is 0 Å². The summed E-state index contributed by atoms with van der Waals surface area (Å²) < 4.78 is 5.43. The zero-order valence-corrected chi connectivity index (χ0v) is 9.14. The number of rotatable bonds is 3. The highest BCUT2D eigenvalue weighted by Gasteiger charge is 2.44. The van der Waals surface area contributed by atoms with E-state index in [1.54, 1.807) is 0 Å². The van der Waals surface area contributed by atoms with Gasteiger partial charge in [0.25, 0.3) is 0 Å². The molecule has 84 valence electrons. The maximum atomic E-state index is 11.4. The van der Waals surface area contributed by atoms with E-state index in [9.17, 15) is 9.90 Å². The Morgan fingerprint density at radius 2 is 2.12 bits per heavy atom. The predicted octanol–water partition coefficient (Wildman–Crippen LogP) is 2.03. The zero-order valence-electron chi connectivity index (χ0n) is 9.14. The maximum absolute atomic E-state index is 11.4. The molecule has 1 aliphatic rings. The Morgan fingerprint density at radius 3 is 2.62 bits per heavy atom. The second kappa shape index (κ2) is 4.10. The van der Waals surface area contributed by atoms with E-state index < -0.39 is 11.6 Å². The van der Waals surface area contributed by atoms with Crippen molar-refractivity contribution in [2.24, 2.45) is 0 Å². The first-order valence-electron chi connectivity index (χ1n) is 5.24. The minimum atomic E-state index is -1.17. The fraction of sp³-hybridized carbons (Fsp3) is 0.308. The molecule has 0 saturated heterocycles. The molecule has 3 nitrogen and oxygen atoms in total. The smallest absolute Gasteiger partial charge is 0.340 e. The van der Waals surface area contributed by atoms with Crippen LogP contribution in [0.25, 0.3) is 0 Å². The molecule has 0 bridgehead atoms. The van der Waals surface area contributed by atoms with Crippen LogP contribution in [0.4, 0.5) is 0 Å². The van der Waals surface area contributed by atoms with Crippen LogP contribution in [-0.4, -0.2) is 23.3 Å². The van der Waals surface area contributed by atoms with Gasteiger partial charge >= 0.3 is 5.97 Å². The third kappa shape index (κ3) is 1.74. The molecule has 0 unspecified atom stereocenters. The van der Waals surface area contributed by atoms with Crippen molar-refractivity contribution in [3.8, 4) is 0 Å². The fourth-order valence-corrected chi connectivity index (χ4v) is 1.97. The number of hydrogen-bond donors (Lipinski definition) is 1. The summed E-state index contributed by atoms with van der Waals surface area (Å²) in [7, 11) is 0. The van der Waals surface area contributed by atoms with Crippen molar-refractivity contribution in [2.75, 3.05) is 6.61 Å². The van der Waals surface area contributed by atoms with Gasteiger partial charge in [-0.2, -0.15) is 0 Å². The van der Waals surface area contributed by atoms with E-state index in [2.05, 4.69) is 0 Å². The fourth-order valence-electron chi connectivity index (χ4n) is 1.97. The molecule has 16 heavy (non-hydrogen) atoms. The summed E-state index contributed by atoms with van der Waals surface area (Å²) in [5.41, 5.74) is 0.588. The van der Waals surface area contributed by atoms with Crippen molar-refractivity contribution in [1.29, 1.82) is 0 Å². The van der Waals surface area contributed by atoms with Crippen LogP contribution in [0.2, 0.25) is 0 Å². The van der Waals surface area contributed by atoms with E-state index >= 15 is 0 Å². The van der Waals surface area contributed by atoms with Gasteiger partial charge in [-0.05, 0) is 18.1 Å². The normalized spacial score (nSPS) is 24.2. The minimum absolute atomic E-state index is 0.380. The SMILES string of the molecule is CC1=CCO[C@]1(Cc1ccccc1)C(=O)O. The highest BCUT2D eigenvalue weighted by Crippen LogP contribution is 2.31. The summed E-state index contributed by atoms with van der Waals surface area (Å²) in [6.07, 6.45) is 2.21. The molecule has 1 N–H and O–H groups in total. The van der Waals surface area contributed by atoms with Crippen molar-refractivity contribution in [1.82, 2.24) is 0 Å². The van der Waals surface area contributed by atoms with Crippen LogP contribution >= 0.6 is 0 Å². The molecule has 1 heterocycles. The van der Waals surface area contributed by atoms with E-state index in [0.29, 0.717) is 13.0 Å². The number of hydrogen-bond acceptors (Lipinski definition) is 2. The van der Waals surface area contributed by atoms with E-state index in [0.717, 1.165) is 11.1 Å². The molecule has 1 aromatic rings. The van der Waals surface area contributed by atoms with Gasteiger partial charge in [0.2, 0.25) is 0 Å². The molecule has 1 aromatic carbocycles. The average molecular weight is 218 g/mol. The van der Waals surface area contributed by atoms with Crippen LogP contribution in [-0.2, 0) is 16.0 Å². The first-order chi connectivity index (χ1) is 7.65. The molecule has 0 saturated carbocycles. The molecule has 0 fully saturated rings. The van der Waals surface area contributed by atoms with Gasteiger partial charge in [-0.1, -0.05) is 36.4 Å². The zero-order chi connectivity index (χ0) is 11.6. The Balaban J connectivity index is 2.30. The van der Waals surface area contributed by atoms with Crippen LogP contribution in [0.1, 0.15) is 12.5 Å². The number of carbonyl (C=O) groups is 1. The van der Waals surface area contributed by atoms with E-state index in [-0.39, 0.29) is 0 Å². The molecule has 0 spiro atoms. The highest BCUT2D eigenvalue weighted by molar-refractivity contribution is 5.82. The number of benzene rings is 1. The van der Waals surface area contributed by atoms with Crippen LogP contribution in [0.15, 0.2) is 42.0 Å². The van der Waals surface area contributed by atoms with Gasteiger partial charge in [-0.3, -0.25) is 0 Å². The summed E-state index contributed by atoms with van der Waals surface area (Å²) in [5.74, 6) is -0.914. The summed E-state index contributed by atoms with van der Waals surface area (Å²) in [6.45, 7) is 2.19. The molecule has 1 aliphatic heterocycles. The van der Waals surface area contributed by atoms with E-state index in [1.165, 1.54) is 0 Å². The second-order valence-electron chi connectivity index (χ2n) is 3.99. The Labute approximate surface area is 94.4 Å². The minimum Gasteiger partial charge on any atom is -0.479 e. The van der Waals surface area contributed by atoms with Crippen molar-refractivity contribution < 1.29 is 14.6 Å². The molecule has 0 amide bonds. The summed E-state index contributed by atoms with van der Waals surface area (Å²) in [6, 6.07) is 9.55. The van der Waals surface area contributed by atoms with Crippen LogP contribution < -0.4 is 0 Å². The molecular formula is C13H14O3. The summed E-state index contributed by atoms with van der Waals surface area (Å²) >= 11 is 0. The lowest BCUT2D eigenvalue weighted by Crippen LogP contribution is -2.42. The number of carboxylic acids is 1. The second-order valence-corrected chi connectivity index (χ2v) is 3.99. The Bertz CT molecular complexity index is 422. The Morgan fingerprint density at radius 1 is 1.44 bits per heavy atom. The quantitative estimate of drug-likeness (QED) is 0.789. The van der Waals surface area contributed by atoms with Gasteiger partial charge in [0, 0.05) is 6.42 Å². The number of ether oxygens (including phenoxy) is 1. The lowest BCUT2D eigenvalue weighted by atomic mass is 9.89. The highest BCUT2D eigenvalue weighted by atomic mass is 16.5. The van der Waals surface area contributed by atoms with E-state index in [4.69, 9.17) is 4.74 Å². The Hall–Kier alpha value is -1.61. The largest absolute Gasteiger partial charge is 0.479 e. The first-order valence-corrected chi connectivity index (χ1v) is 5.24. The third-order valence-corrected chi connectivity index (χ3v) is 3.00. The summed E-state index contributed by atoms with van der Waals surface area (Å²) in [5, 5.41) is 9.33. The average Bonchev–Trinajstić information content (AvgIpc) is 2.63. The molecule has 2 rings (SSSR count). The molecular weight excluding hydrogens is 204 g/mol. The van der Waals surface area contributed by atoms with Gasteiger partial charge in [-0.25, -0.2) is 4.79 Å². The van der Waals surface area contributed by atoms with E-state index in [1.807, 2.05) is 43.3 Å². The summed E-state index contributed by atoms with van der Waals surface area (Å²) in [4.78, 5) is 11.4. The van der Waals surface area contributed by atoms with Gasteiger partial charge in [0.15, 0.2) is 5.60 Å². The first kappa shape index (κ1) is 10.9. The van der Waals surface area contributed by atoms with Crippen molar-refractivity contribution in [2.45, 2.75) is 18.9 Å². The molecule has 0 radical (unpaired) electrons. The molecule has 0 aromatic heterocycles. The van der Waals surface area contributed by atoms with Gasteiger partial charge in [0.05, 0.1) is 6.61 Å². The van der Waals surface area contributed by atoms with Crippen molar-refractivity contribution >= 4 is 5.97 Å². The van der Waals surface area contributed by atoms with Crippen LogP contribution in [0.5, 0.6) is 0 Å². The van der Waals surface area contributed by atoms with Gasteiger partial charge < -0.3 is 9.84 Å². The predicted molar refractivity (Wildman–Crippen MR) is 60.2 cm³/mol. The standard InChI is InChI=1S/C13H14O3/c1-10-7-8-16-13(10,12(14)15)9-11-5-3-2-4-6-11/h2-7H,8-9H2,1H3,(H,14,15)/t13-/m0/s1. The van der Waals surface area contributed by atoms with Crippen LogP contribution in [0.3, 0.4) is 0 Å². The van der Waals surface area contributed by atoms with Crippen molar-refractivity contribution in [3.05, 3.63) is 47.5 Å². The molecule has 0 aliphatic carbocycles. The van der Waals surface area contributed by atoms with Gasteiger partial charge in [-0.15, -0.1) is 0 Å². The Kier molecular flexibility index (Phi) is 2.79. The lowest BCUT2D eigenvalue weighted by molar-refractivity contribution is -0.157. The molecule has 1 atom stereocenters. The lowest BCUT2D eigenvalue weighted by Gasteiger charge is -2.25. The maximum Gasteiger partial charge on any atom is 0.340 e. The topological polar surface area (TPSA) is 46.5 Å². The number of aliphatic carboxylic acids is 1. The van der Waals surface area contributed by atoms with Crippen molar-refractivity contribution in [3.63, 3.8) is 0 Å². The third-order valence-electron chi connectivity index (χ3n) is 3.00. The molecule has 3 heteroatoms. The van der Waals surface area contributed by atoms with Gasteiger partial charge in [0.1, 0.15) is 0 Å². The monoisotopic (exact) mass is 218 g/mol.